The average Bonchev–Trinajstić information content (AvgIpc) is 3.39. The number of pyridine rings is 1. The van der Waals surface area contributed by atoms with Crippen LogP contribution in [0.2, 0.25) is 0 Å². The molecule has 12 heteroatoms. The lowest BCUT2D eigenvalue weighted by molar-refractivity contribution is 0.0955. The molecule has 41 heavy (non-hydrogen) atoms. The molecule has 214 valence electrons. The van der Waals surface area contributed by atoms with E-state index in [4.69, 9.17) is 4.74 Å². The maximum atomic E-state index is 13.1. The zero-order chi connectivity index (χ0) is 28.8. The third-order valence-corrected chi connectivity index (χ3v) is 6.73. The van der Waals surface area contributed by atoms with Crippen LogP contribution in [0.25, 0.3) is 5.65 Å². The minimum atomic E-state index is -0.298. The number of nitrogens with zero attached hydrogens (tertiary/aromatic N) is 5. The molecule has 0 spiro atoms. The van der Waals surface area contributed by atoms with Gasteiger partial charge >= 0.3 is 6.03 Å². The van der Waals surface area contributed by atoms with Gasteiger partial charge in [0, 0.05) is 44.8 Å². The second-order valence-corrected chi connectivity index (χ2v) is 9.51. The number of carbonyl (C=O) groups is 2. The van der Waals surface area contributed by atoms with Gasteiger partial charge in [0.25, 0.3) is 5.91 Å². The van der Waals surface area contributed by atoms with Crippen LogP contribution in [0.15, 0.2) is 60.8 Å². The molecule has 5 rings (SSSR count). The van der Waals surface area contributed by atoms with E-state index in [1.807, 2.05) is 32.2 Å². The maximum Gasteiger partial charge on any atom is 0.317 e. The highest BCUT2D eigenvalue weighted by Gasteiger charge is 2.22. The molecule has 2 aromatic heterocycles. The Morgan fingerprint density at radius 3 is 2.49 bits per heavy atom. The summed E-state index contributed by atoms with van der Waals surface area (Å²) in [5.41, 5.74) is 3.66. The summed E-state index contributed by atoms with van der Waals surface area (Å²) in [5.74, 6) is 0.476. The van der Waals surface area contributed by atoms with Gasteiger partial charge in [-0.15, -0.1) is 5.10 Å². The van der Waals surface area contributed by atoms with Crippen LogP contribution in [-0.2, 0) is 6.54 Å². The van der Waals surface area contributed by atoms with Gasteiger partial charge in [0.05, 0.1) is 24.2 Å². The number of benzene rings is 2. The number of aromatic nitrogens is 3. The van der Waals surface area contributed by atoms with E-state index >= 15 is 0 Å². The zero-order valence-corrected chi connectivity index (χ0v) is 23.1. The molecule has 2 aromatic carbocycles. The highest BCUT2D eigenvalue weighted by atomic mass is 19.1. The lowest BCUT2D eigenvalue weighted by Gasteiger charge is -2.36. The van der Waals surface area contributed by atoms with E-state index in [-0.39, 0.29) is 17.8 Å². The van der Waals surface area contributed by atoms with Crippen molar-refractivity contribution in [3.8, 4) is 5.75 Å². The van der Waals surface area contributed by atoms with Crippen LogP contribution in [0.3, 0.4) is 0 Å². The summed E-state index contributed by atoms with van der Waals surface area (Å²) < 4.78 is 20.6. The van der Waals surface area contributed by atoms with Gasteiger partial charge in [-0.3, -0.25) is 4.79 Å². The van der Waals surface area contributed by atoms with E-state index in [9.17, 15) is 14.0 Å². The minimum Gasteiger partial charge on any atom is -0.492 e. The molecule has 1 saturated heterocycles. The molecule has 0 atom stereocenters. The largest absolute Gasteiger partial charge is 0.492 e. The summed E-state index contributed by atoms with van der Waals surface area (Å²) in [6.45, 7) is 7.58. The highest BCUT2D eigenvalue weighted by Crippen LogP contribution is 2.29. The zero-order valence-electron chi connectivity index (χ0n) is 23.1. The summed E-state index contributed by atoms with van der Waals surface area (Å²) in [7, 11) is 0. The van der Waals surface area contributed by atoms with Crippen molar-refractivity contribution in [3.63, 3.8) is 0 Å². The fourth-order valence-electron chi connectivity index (χ4n) is 4.60. The summed E-state index contributed by atoms with van der Waals surface area (Å²) in [5, 5.41) is 13.5. The highest BCUT2D eigenvalue weighted by molar-refractivity contribution is 5.95. The molecule has 1 aliphatic rings. The number of halogens is 1. The number of piperazine rings is 1. The van der Waals surface area contributed by atoms with E-state index in [2.05, 4.69) is 30.9 Å². The minimum absolute atomic E-state index is 0.137. The second-order valence-electron chi connectivity index (χ2n) is 9.51. The fourth-order valence-corrected chi connectivity index (χ4v) is 4.60. The normalized spacial score (nSPS) is 13.2. The van der Waals surface area contributed by atoms with E-state index < -0.39 is 0 Å². The number of carbonyl (C=O) groups excluding carboxylic acids is 2. The number of urea groups is 1. The van der Waals surface area contributed by atoms with Gasteiger partial charge < -0.3 is 30.5 Å². The Labute approximate surface area is 237 Å². The topological polar surface area (TPSA) is 116 Å². The van der Waals surface area contributed by atoms with Crippen molar-refractivity contribution in [2.75, 3.05) is 49.5 Å². The van der Waals surface area contributed by atoms with Crippen molar-refractivity contribution in [2.24, 2.45) is 0 Å². The SMILES string of the molecule is CCNC(=O)c1ccc(Nc2nc3ccc(N4CCN(C(=O)NCc5ccc(F)cc5)CC4)cn3n2)c(OCC)c1. The number of anilines is 3. The molecule has 0 unspecified atom stereocenters. The molecule has 11 nitrogen and oxygen atoms in total. The van der Waals surface area contributed by atoms with Crippen molar-refractivity contribution < 1.29 is 18.7 Å². The fraction of sp³-hybridized carbons (Fsp3) is 0.310. The number of rotatable bonds is 9. The molecule has 0 aliphatic carbocycles. The van der Waals surface area contributed by atoms with E-state index in [0.29, 0.717) is 74.5 Å². The number of hydrogen-bond acceptors (Lipinski definition) is 7. The first-order valence-electron chi connectivity index (χ1n) is 13.6. The summed E-state index contributed by atoms with van der Waals surface area (Å²) in [4.78, 5) is 33.4. The molecule has 3 heterocycles. The predicted molar refractivity (Wildman–Crippen MR) is 154 cm³/mol. The van der Waals surface area contributed by atoms with Crippen LogP contribution in [0.5, 0.6) is 5.75 Å². The van der Waals surface area contributed by atoms with Crippen LogP contribution in [0.4, 0.5) is 26.5 Å². The van der Waals surface area contributed by atoms with Crippen molar-refractivity contribution in [3.05, 3.63) is 77.7 Å². The van der Waals surface area contributed by atoms with Gasteiger partial charge in [-0.1, -0.05) is 12.1 Å². The molecule has 4 aromatic rings. The van der Waals surface area contributed by atoms with Crippen LogP contribution >= 0.6 is 0 Å². The van der Waals surface area contributed by atoms with Crippen LogP contribution in [-0.4, -0.2) is 70.8 Å². The van der Waals surface area contributed by atoms with Gasteiger partial charge in [0.15, 0.2) is 5.65 Å². The van der Waals surface area contributed by atoms with Gasteiger partial charge in [-0.05, 0) is 61.9 Å². The second kappa shape index (κ2) is 12.5. The molecule has 0 bridgehead atoms. The number of fused-ring (bicyclic) bond motifs is 1. The number of amides is 3. The summed E-state index contributed by atoms with van der Waals surface area (Å²) in [6.07, 6.45) is 1.92. The Bertz CT molecular complexity index is 1520. The summed E-state index contributed by atoms with van der Waals surface area (Å²) >= 11 is 0. The van der Waals surface area contributed by atoms with E-state index in [1.54, 1.807) is 39.7 Å². The third-order valence-electron chi connectivity index (χ3n) is 6.73. The molecule has 3 N–H and O–H groups in total. The average molecular weight is 561 g/mol. The number of nitrogens with one attached hydrogen (secondary N) is 3. The maximum absolute atomic E-state index is 13.1. The van der Waals surface area contributed by atoms with Crippen molar-refractivity contribution in [2.45, 2.75) is 20.4 Å². The monoisotopic (exact) mass is 560 g/mol. The molecule has 1 fully saturated rings. The van der Waals surface area contributed by atoms with Gasteiger partial charge in [0.2, 0.25) is 5.95 Å². The number of ether oxygens (including phenoxy) is 1. The molecule has 0 radical (unpaired) electrons. The molecule has 3 amide bonds. The standard InChI is InChI=1S/C29H33FN8O3/c1-3-31-27(39)21-7-11-24(25(17-21)41-4-2)33-28-34-26-12-10-23(19-38(26)35-28)36-13-15-37(16-14-36)29(40)32-18-20-5-8-22(30)9-6-20/h5-12,17,19H,3-4,13-16,18H2,1-2H3,(H,31,39)(H,32,40)(H,33,35). The lowest BCUT2D eigenvalue weighted by Crippen LogP contribution is -2.51. The van der Waals surface area contributed by atoms with E-state index in [0.717, 1.165) is 11.3 Å². The lowest BCUT2D eigenvalue weighted by atomic mass is 10.1. The van der Waals surface area contributed by atoms with Crippen LogP contribution < -0.4 is 25.6 Å². The molecular weight excluding hydrogens is 527 g/mol. The third kappa shape index (κ3) is 6.65. The Balaban J connectivity index is 1.20. The van der Waals surface area contributed by atoms with Gasteiger partial charge in [0.1, 0.15) is 11.6 Å². The predicted octanol–water partition coefficient (Wildman–Crippen LogP) is 3.79. The van der Waals surface area contributed by atoms with Crippen molar-refractivity contribution >= 4 is 34.9 Å². The first kappa shape index (κ1) is 27.7. The first-order valence-corrected chi connectivity index (χ1v) is 13.6. The van der Waals surface area contributed by atoms with Gasteiger partial charge in [-0.2, -0.15) is 4.98 Å². The Hall–Kier alpha value is -4.87. The Kier molecular flexibility index (Phi) is 8.47. The molecule has 1 aliphatic heterocycles. The summed E-state index contributed by atoms with van der Waals surface area (Å²) in [6, 6.07) is 15.1. The van der Waals surface area contributed by atoms with Crippen molar-refractivity contribution in [1.29, 1.82) is 0 Å². The molecule has 0 saturated carbocycles. The first-order chi connectivity index (χ1) is 19.9. The van der Waals surface area contributed by atoms with Crippen LogP contribution in [0.1, 0.15) is 29.8 Å². The Morgan fingerprint density at radius 1 is 0.976 bits per heavy atom. The van der Waals surface area contributed by atoms with Crippen molar-refractivity contribution in [1.82, 2.24) is 30.1 Å². The van der Waals surface area contributed by atoms with E-state index in [1.165, 1.54) is 12.1 Å². The smallest absolute Gasteiger partial charge is 0.317 e. The Morgan fingerprint density at radius 2 is 1.76 bits per heavy atom. The van der Waals surface area contributed by atoms with Gasteiger partial charge in [-0.25, -0.2) is 13.7 Å². The quantitative estimate of drug-likeness (QED) is 0.285. The molecular formula is C29H33FN8O3. The number of hydrogen-bond donors (Lipinski definition) is 3. The van der Waals surface area contributed by atoms with Crippen LogP contribution in [0, 0.1) is 5.82 Å².